The average Bonchev–Trinajstić information content (AvgIpc) is 3.12. The fourth-order valence-corrected chi connectivity index (χ4v) is 9.49. The van der Waals surface area contributed by atoms with Crippen molar-refractivity contribution in [1.82, 2.24) is 21.5 Å². The summed E-state index contributed by atoms with van der Waals surface area (Å²) in [5.74, 6) is 0. The smallest absolute Gasteiger partial charge is 0.189 e. The van der Waals surface area contributed by atoms with Crippen LogP contribution in [0.25, 0.3) is 0 Å². The molecule has 0 bridgehead atoms. The van der Waals surface area contributed by atoms with Crippen LogP contribution in [-0.2, 0) is 0 Å². The van der Waals surface area contributed by atoms with Crippen LogP contribution in [0.2, 0.25) is 0 Å². The van der Waals surface area contributed by atoms with Crippen molar-refractivity contribution in [3.63, 3.8) is 0 Å². The molecule has 46 heavy (non-hydrogen) atoms. The van der Waals surface area contributed by atoms with Gasteiger partial charge in [0.25, 0.3) is 0 Å². The molecule has 0 amide bonds. The summed E-state index contributed by atoms with van der Waals surface area (Å²) in [6.07, 6.45) is 0.600. The van der Waals surface area contributed by atoms with Gasteiger partial charge in [-0.2, -0.15) is 10.2 Å². The van der Waals surface area contributed by atoms with E-state index in [4.69, 9.17) is 29.5 Å². The van der Waals surface area contributed by atoms with E-state index in [0.717, 1.165) is 14.7 Å². The number of thiocarbonyl (C=S) groups is 2. The van der Waals surface area contributed by atoms with E-state index in [1.807, 2.05) is 54.6 Å². The van der Waals surface area contributed by atoms with Crippen LogP contribution in [0.15, 0.2) is 156 Å². The Morgan fingerprint density at radius 3 is 1.39 bits per heavy atom. The lowest BCUT2D eigenvalue weighted by Gasteiger charge is -2.28. The molecule has 4 N–H and O–H groups in total. The maximum atomic E-state index is 5.89. The third kappa shape index (κ3) is 8.22. The first-order chi connectivity index (χ1) is 22.5. The molecule has 0 aliphatic rings. The number of hydrogen-bond acceptors (Lipinski definition) is 4. The van der Waals surface area contributed by atoms with Crippen molar-refractivity contribution in [3.05, 3.63) is 160 Å². The normalized spacial score (nSPS) is 11.8. The van der Waals surface area contributed by atoms with Crippen LogP contribution in [-0.4, -0.2) is 35.0 Å². The summed E-state index contributed by atoms with van der Waals surface area (Å²) in [6.45, 7) is 0. The molecule has 0 unspecified atom stereocenters. The second kappa shape index (κ2) is 16.5. The molecule has 5 aromatic rings. The molecule has 0 atom stereocenters. The minimum atomic E-state index is -2.15. The lowest BCUT2D eigenvalue weighted by Crippen LogP contribution is -2.42. The van der Waals surface area contributed by atoms with E-state index in [2.05, 4.69) is 140 Å². The van der Waals surface area contributed by atoms with Gasteiger partial charge in [-0.3, -0.25) is 10.9 Å². The third-order valence-corrected chi connectivity index (χ3v) is 12.6. The van der Waals surface area contributed by atoms with Gasteiger partial charge in [0.05, 0.1) is 0 Å². The molecule has 6 nitrogen and oxygen atoms in total. The molecule has 5 aromatic carbocycles. The SMILES string of the molecule is CNC(=S)N/N=C(/C(=N/NC(=S)NC[P+](c1ccccc1)(c1ccccc1)c1ccccc1)c1ccccc1)c1ccc(I)cc1. The first-order valence-corrected chi connectivity index (χ1v) is 18.4. The van der Waals surface area contributed by atoms with Gasteiger partial charge in [-0.25, -0.2) is 0 Å². The minimum Gasteiger partial charge on any atom is -0.364 e. The highest BCUT2D eigenvalue weighted by Crippen LogP contribution is 2.54. The van der Waals surface area contributed by atoms with Crippen molar-refractivity contribution in [2.24, 2.45) is 10.2 Å². The molecule has 230 valence electrons. The van der Waals surface area contributed by atoms with Crippen molar-refractivity contribution in [3.8, 4) is 0 Å². The van der Waals surface area contributed by atoms with Crippen LogP contribution in [0.1, 0.15) is 11.1 Å². The van der Waals surface area contributed by atoms with E-state index >= 15 is 0 Å². The van der Waals surface area contributed by atoms with Gasteiger partial charge < -0.3 is 10.6 Å². The Morgan fingerprint density at radius 2 is 0.957 bits per heavy atom. The monoisotopic (exact) mass is 771 g/mol. The maximum absolute atomic E-state index is 5.89. The molecule has 0 aliphatic carbocycles. The number of halogens is 1. The second-order valence-electron chi connectivity index (χ2n) is 10.1. The molecule has 0 radical (unpaired) electrons. The number of nitrogens with zero attached hydrogens (tertiary/aromatic N) is 2. The summed E-state index contributed by atoms with van der Waals surface area (Å²) >= 11 is 13.5. The van der Waals surface area contributed by atoms with Crippen LogP contribution >= 0.6 is 54.3 Å². The minimum absolute atomic E-state index is 0.392. The molecule has 0 saturated carbocycles. The van der Waals surface area contributed by atoms with Crippen LogP contribution in [0.4, 0.5) is 0 Å². The van der Waals surface area contributed by atoms with E-state index in [0.29, 0.717) is 27.9 Å². The molecule has 0 spiro atoms. The summed E-state index contributed by atoms with van der Waals surface area (Å²) < 4.78 is 1.11. The molecule has 5 rings (SSSR count). The zero-order valence-corrected chi connectivity index (χ0v) is 29.8. The van der Waals surface area contributed by atoms with Gasteiger partial charge >= 0.3 is 0 Å². The highest BCUT2D eigenvalue weighted by atomic mass is 127. The number of hydrogen-bond donors (Lipinski definition) is 4. The van der Waals surface area contributed by atoms with Gasteiger partial charge in [0.15, 0.2) is 10.2 Å². The highest BCUT2D eigenvalue weighted by molar-refractivity contribution is 14.1. The van der Waals surface area contributed by atoms with E-state index < -0.39 is 7.26 Å². The Hall–Kier alpha value is -4.02. The van der Waals surface area contributed by atoms with E-state index in [9.17, 15) is 0 Å². The first kappa shape index (κ1) is 33.3. The Morgan fingerprint density at radius 1 is 0.565 bits per heavy atom. The number of nitrogens with one attached hydrogen (secondary N) is 4. The van der Waals surface area contributed by atoms with Gasteiger partial charge in [-0.05, 0) is 95.6 Å². The van der Waals surface area contributed by atoms with Crippen LogP contribution in [0, 0.1) is 3.57 Å². The van der Waals surface area contributed by atoms with Gasteiger partial charge in [0, 0.05) is 21.7 Å². The van der Waals surface area contributed by atoms with Crippen molar-refractivity contribution in [2.45, 2.75) is 0 Å². The summed E-state index contributed by atoms with van der Waals surface area (Å²) in [6, 6.07) is 50.0. The number of rotatable bonds is 10. The number of benzene rings is 5. The van der Waals surface area contributed by atoms with Crippen LogP contribution in [0.5, 0.6) is 0 Å². The van der Waals surface area contributed by atoms with E-state index in [1.165, 1.54) is 15.9 Å². The second-order valence-corrected chi connectivity index (χ2v) is 15.6. The molecule has 0 heterocycles. The zero-order chi connectivity index (χ0) is 32.2. The first-order valence-electron chi connectivity index (χ1n) is 14.5. The van der Waals surface area contributed by atoms with E-state index in [-0.39, 0.29) is 0 Å². The molecule has 0 saturated heterocycles. The molecular weight excluding hydrogens is 738 g/mol. The lowest BCUT2D eigenvalue weighted by molar-refractivity contribution is 0.958. The lowest BCUT2D eigenvalue weighted by atomic mass is 10.00. The Bertz CT molecular complexity index is 1710. The summed E-state index contributed by atoms with van der Waals surface area (Å²) in [5, 5.41) is 20.6. The van der Waals surface area contributed by atoms with Crippen molar-refractivity contribution < 1.29 is 0 Å². The Balaban J connectivity index is 1.51. The Kier molecular flexibility index (Phi) is 12.0. The van der Waals surface area contributed by atoms with Crippen LogP contribution in [0.3, 0.4) is 0 Å². The largest absolute Gasteiger partial charge is 0.364 e. The quantitative estimate of drug-likeness (QED) is 0.0466. The number of hydrazone groups is 2. The standard InChI is InChI=1S/C36H32IN6PS2/c1-38-35(45)42-40-34(28-22-24-29(37)25-23-28)33(27-14-6-2-7-15-27)41-43-36(46)39-26-44(30-16-8-3-9-17-30,31-18-10-4-11-19-31)32-20-12-5-13-21-32/h2-25H,26H2,1H3,(H3-,38,39,40,41,42,43,45,46)/p+1. The third-order valence-electron chi connectivity index (χ3n) is 7.22. The fraction of sp³-hybridized carbons (Fsp3) is 0.0556. The molecular formula is C36H33IN6PS2+. The maximum Gasteiger partial charge on any atom is 0.189 e. The van der Waals surface area contributed by atoms with Gasteiger partial charge in [-0.1, -0.05) is 97.1 Å². The average molecular weight is 772 g/mol. The predicted octanol–water partition coefficient (Wildman–Crippen LogP) is 5.91. The predicted molar refractivity (Wildman–Crippen MR) is 212 cm³/mol. The van der Waals surface area contributed by atoms with Crippen molar-refractivity contribution in [2.75, 3.05) is 13.3 Å². The summed E-state index contributed by atoms with van der Waals surface area (Å²) in [5.41, 5.74) is 9.03. The summed E-state index contributed by atoms with van der Waals surface area (Å²) in [4.78, 5) is 0. The van der Waals surface area contributed by atoms with E-state index in [1.54, 1.807) is 7.05 Å². The molecule has 0 aliphatic heterocycles. The summed E-state index contributed by atoms with van der Waals surface area (Å²) in [7, 11) is -0.406. The molecule has 0 fully saturated rings. The van der Waals surface area contributed by atoms with Crippen molar-refractivity contribution >= 4 is 91.9 Å². The van der Waals surface area contributed by atoms with Crippen molar-refractivity contribution in [1.29, 1.82) is 0 Å². The van der Waals surface area contributed by atoms with Gasteiger partial charge in [0.1, 0.15) is 40.9 Å². The van der Waals surface area contributed by atoms with Gasteiger partial charge in [-0.15, -0.1) is 0 Å². The van der Waals surface area contributed by atoms with Crippen LogP contribution < -0.4 is 37.4 Å². The fourth-order valence-electron chi connectivity index (χ4n) is 4.98. The zero-order valence-electron chi connectivity index (χ0n) is 25.1. The van der Waals surface area contributed by atoms with Gasteiger partial charge in [0.2, 0.25) is 0 Å². The Labute approximate surface area is 295 Å². The molecule has 10 heteroatoms. The highest BCUT2D eigenvalue weighted by Gasteiger charge is 2.45. The molecule has 0 aromatic heterocycles. The topological polar surface area (TPSA) is 72.8 Å².